The molecule has 0 spiro atoms. The largest absolute Gasteiger partial charge is 0.334 e. The Balaban J connectivity index is 2.46. The van der Waals surface area contributed by atoms with E-state index < -0.39 is 17.0 Å². The van der Waals surface area contributed by atoms with Gasteiger partial charge in [-0.3, -0.25) is 0 Å². The molecule has 1 atom stereocenters. The molecule has 7 heteroatoms. The van der Waals surface area contributed by atoms with E-state index >= 15 is 0 Å². The molecule has 0 saturated heterocycles. The van der Waals surface area contributed by atoms with E-state index in [-0.39, 0.29) is 17.3 Å². The minimum atomic E-state index is -0.778. The molecular formula is C11H8BrClF2N2O. The molecule has 0 fully saturated rings. The summed E-state index contributed by atoms with van der Waals surface area (Å²) in [5.41, 5.74) is -0.350. The molecule has 1 aromatic heterocycles. The highest BCUT2D eigenvalue weighted by Gasteiger charge is 2.21. The molecule has 0 aliphatic heterocycles. The predicted octanol–water partition coefficient (Wildman–Crippen LogP) is 4.47. The lowest BCUT2D eigenvalue weighted by molar-refractivity contribution is 0.416. The summed E-state index contributed by atoms with van der Waals surface area (Å²) in [4.78, 5) is 3.90. The lowest BCUT2D eigenvalue weighted by Crippen LogP contribution is -1.93. The summed E-state index contributed by atoms with van der Waals surface area (Å²) in [6.07, 6.45) is 0.589. The summed E-state index contributed by atoms with van der Waals surface area (Å²) in [6, 6.07) is 2.25. The first-order chi connectivity index (χ1) is 8.52. The molecule has 1 unspecified atom stereocenters. The van der Waals surface area contributed by atoms with E-state index in [1.807, 2.05) is 6.92 Å². The monoisotopic (exact) mass is 336 g/mol. The van der Waals surface area contributed by atoms with E-state index in [1.54, 1.807) is 0 Å². The average molecular weight is 338 g/mol. The lowest BCUT2D eigenvalue weighted by Gasteiger charge is -2.00. The third kappa shape index (κ3) is 2.54. The smallest absolute Gasteiger partial charge is 0.263 e. The van der Waals surface area contributed by atoms with Crippen LogP contribution in [-0.4, -0.2) is 10.1 Å². The van der Waals surface area contributed by atoms with Crippen LogP contribution in [0.2, 0.25) is 0 Å². The quantitative estimate of drug-likeness (QED) is 0.776. The molecule has 0 N–H and O–H groups in total. The summed E-state index contributed by atoms with van der Waals surface area (Å²) >= 11 is 8.91. The summed E-state index contributed by atoms with van der Waals surface area (Å²) in [7, 11) is 0. The van der Waals surface area contributed by atoms with Crippen molar-refractivity contribution in [3.8, 4) is 11.5 Å². The van der Waals surface area contributed by atoms with Crippen LogP contribution in [0.15, 0.2) is 21.1 Å². The second kappa shape index (κ2) is 5.32. The average Bonchev–Trinajstić information content (AvgIpc) is 2.76. The van der Waals surface area contributed by atoms with Crippen LogP contribution in [0.5, 0.6) is 0 Å². The molecule has 0 amide bonds. The molecule has 0 bridgehead atoms. The van der Waals surface area contributed by atoms with E-state index in [4.69, 9.17) is 16.1 Å². The van der Waals surface area contributed by atoms with Crippen LogP contribution in [0.1, 0.15) is 24.5 Å². The Morgan fingerprint density at radius 1 is 1.39 bits per heavy atom. The van der Waals surface area contributed by atoms with Crippen molar-refractivity contribution in [2.24, 2.45) is 0 Å². The zero-order chi connectivity index (χ0) is 13.3. The number of hydrogen-bond acceptors (Lipinski definition) is 3. The maximum absolute atomic E-state index is 13.7. The van der Waals surface area contributed by atoms with Gasteiger partial charge < -0.3 is 4.52 Å². The SMILES string of the molecule is CCC(Cl)c1noc(-c2c(F)cc(Br)cc2F)n1. The minimum absolute atomic E-state index is 0.216. The molecule has 2 aromatic rings. The second-order valence-corrected chi connectivity index (χ2v) is 5.02. The maximum atomic E-state index is 13.7. The predicted molar refractivity (Wildman–Crippen MR) is 66.2 cm³/mol. The van der Waals surface area contributed by atoms with Gasteiger partial charge in [0.25, 0.3) is 5.89 Å². The van der Waals surface area contributed by atoms with Gasteiger partial charge in [-0.15, -0.1) is 11.6 Å². The van der Waals surface area contributed by atoms with Gasteiger partial charge in [-0.05, 0) is 18.6 Å². The van der Waals surface area contributed by atoms with Gasteiger partial charge >= 0.3 is 0 Å². The first-order valence-electron chi connectivity index (χ1n) is 5.15. The molecule has 18 heavy (non-hydrogen) atoms. The van der Waals surface area contributed by atoms with Crippen molar-refractivity contribution in [3.63, 3.8) is 0 Å². The Kier molecular flexibility index (Phi) is 3.97. The Morgan fingerprint density at radius 3 is 2.56 bits per heavy atom. The minimum Gasteiger partial charge on any atom is -0.334 e. The molecule has 0 aliphatic carbocycles. The Morgan fingerprint density at radius 2 is 2.00 bits per heavy atom. The zero-order valence-electron chi connectivity index (χ0n) is 9.25. The number of rotatable bonds is 3. The van der Waals surface area contributed by atoms with Gasteiger partial charge in [-0.1, -0.05) is 28.0 Å². The van der Waals surface area contributed by atoms with Crippen molar-refractivity contribution < 1.29 is 13.3 Å². The van der Waals surface area contributed by atoms with Crippen LogP contribution < -0.4 is 0 Å². The highest BCUT2D eigenvalue weighted by atomic mass is 79.9. The highest BCUT2D eigenvalue weighted by molar-refractivity contribution is 9.10. The third-order valence-electron chi connectivity index (χ3n) is 2.30. The van der Waals surface area contributed by atoms with Crippen molar-refractivity contribution in [3.05, 3.63) is 34.1 Å². The summed E-state index contributed by atoms with van der Waals surface area (Å²) in [6.45, 7) is 1.84. The number of hydrogen-bond donors (Lipinski definition) is 0. The Bertz CT molecular complexity index is 553. The molecule has 1 heterocycles. The van der Waals surface area contributed by atoms with Gasteiger partial charge in [0.1, 0.15) is 17.2 Å². The van der Waals surface area contributed by atoms with Crippen LogP contribution in [-0.2, 0) is 0 Å². The molecule has 2 rings (SSSR count). The van der Waals surface area contributed by atoms with Crippen LogP contribution in [0, 0.1) is 11.6 Å². The lowest BCUT2D eigenvalue weighted by atomic mass is 10.2. The van der Waals surface area contributed by atoms with Crippen molar-refractivity contribution in [1.82, 2.24) is 10.1 Å². The molecular weight excluding hydrogens is 329 g/mol. The van der Waals surface area contributed by atoms with E-state index in [2.05, 4.69) is 26.1 Å². The van der Waals surface area contributed by atoms with Crippen molar-refractivity contribution in [2.45, 2.75) is 18.7 Å². The van der Waals surface area contributed by atoms with Crippen LogP contribution in [0.4, 0.5) is 8.78 Å². The molecule has 0 saturated carbocycles. The molecule has 3 nitrogen and oxygen atoms in total. The Hall–Kier alpha value is -1.01. The summed E-state index contributed by atoms with van der Waals surface area (Å²) in [5.74, 6) is -1.55. The number of benzene rings is 1. The highest BCUT2D eigenvalue weighted by Crippen LogP contribution is 2.29. The molecule has 0 aliphatic rings. The van der Waals surface area contributed by atoms with Gasteiger partial charge in [-0.2, -0.15) is 4.98 Å². The van der Waals surface area contributed by atoms with E-state index in [9.17, 15) is 8.78 Å². The fourth-order valence-corrected chi connectivity index (χ4v) is 1.88. The number of alkyl halides is 1. The van der Waals surface area contributed by atoms with Gasteiger partial charge in [0.05, 0.1) is 5.38 Å². The van der Waals surface area contributed by atoms with Gasteiger partial charge in [0.15, 0.2) is 5.82 Å². The number of nitrogens with zero attached hydrogens (tertiary/aromatic N) is 2. The fourth-order valence-electron chi connectivity index (χ4n) is 1.39. The third-order valence-corrected chi connectivity index (χ3v) is 3.26. The van der Waals surface area contributed by atoms with Crippen molar-refractivity contribution in [1.29, 1.82) is 0 Å². The first-order valence-corrected chi connectivity index (χ1v) is 6.38. The topological polar surface area (TPSA) is 38.9 Å². The second-order valence-electron chi connectivity index (χ2n) is 3.58. The van der Waals surface area contributed by atoms with Crippen LogP contribution >= 0.6 is 27.5 Å². The number of halogens is 4. The van der Waals surface area contributed by atoms with Gasteiger partial charge in [0.2, 0.25) is 0 Å². The van der Waals surface area contributed by atoms with Crippen molar-refractivity contribution in [2.75, 3.05) is 0 Å². The van der Waals surface area contributed by atoms with Gasteiger partial charge in [0, 0.05) is 4.47 Å². The number of aromatic nitrogens is 2. The maximum Gasteiger partial charge on any atom is 0.263 e. The molecule has 96 valence electrons. The molecule has 1 aromatic carbocycles. The van der Waals surface area contributed by atoms with E-state index in [0.29, 0.717) is 10.9 Å². The fraction of sp³-hybridized carbons (Fsp3) is 0.273. The normalized spacial score (nSPS) is 12.7. The Labute approximate surface area is 115 Å². The van der Waals surface area contributed by atoms with Crippen LogP contribution in [0.25, 0.3) is 11.5 Å². The van der Waals surface area contributed by atoms with E-state index in [1.165, 1.54) is 0 Å². The van der Waals surface area contributed by atoms with Gasteiger partial charge in [-0.25, -0.2) is 8.78 Å². The van der Waals surface area contributed by atoms with Crippen molar-refractivity contribution >= 4 is 27.5 Å². The molecule has 0 radical (unpaired) electrons. The zero-order valence-corrected chi connectivity index (χ0v) is 11.6. The summed E-state index contributed by atoms with van der Waals surface area (Å²) < 4.78 is 32.4. The summed E-state index contributed by atoms with van der Waals surface area (Å²) in [5, 5.41) is 3.16. The van der Waals surface area contributed by atoms with E-state index in [0.717, 1.165) is 12.1 Å². The standard InChI is InChI=1S/C11H8BrClF2N2O/c1-2-6(13)10-16-11(18-17-10)9-7(14)3-5(12)4-8(9)15/h3-4,6H,2H2,1H3. The van der Waals surface area contributed by atoms with Crippen LogP contribution in [0.3, 0.4) is 0 Å². The first kappa shape index (κ1) is 13.4.